The van der Waals surface area contributed by atoms with E-state index in [1.807, 2.05) is 0 Å². The third-order valence-corrected chi connectivity index (χ3v) is 3.96. The summed E-state index contributed by atoms with van der Waals surface area (Å²) in [5, 5.41) is 9.07. The number of benzene rings is 1. The number of hydrogen-bond donors (Lipinski definition) is 1. The van der Waals surface area contributed by atoms with Crippen molar-refractivity contribution in [2.45, 2.75) is 43.6 Å². The van der Waals surface area contributed by atoms with Crippen LogP contribution in [0.25, 0.3) is 0 Å². The molecule has 0 spiro atoms. The summed E-state index contributed by atoms with van der Waals surface area (Å²) in [5.74, 6) is -0.418. The van der Waals surface area contributed by atoms with Crippen LogP contribution in [-0.4, -0.2) is 24.3 Å². The maximum atomic E-state index is 13.8. The minimum atomic E-state index is -0.872. The van der Waals surface area contributed by atoms with Gasteiger partial charge in [0.05, 0.1) is 19.6 Å². The van der Waals surface area contributed by atoms with Gasteiger partial charge in [0.25, 0.3) is 0 Å². The second kappa shape index (κ2) is 4.65. The van der Waals surface area contributed by atoms with Crippen LogP contribution < -0.4 is 9.47 Å². The number of carboxylic acids is 1. The molecule has 20 heavy (non-hydrogen) atoms. The van der Waals surface area contributed by atoms with Crippen molar-refractivity contribution in [1.29, 1.82) is 0 Å². The second-order valence-corrected chi connectivity index (χ2v) is 5.65. The topological polar surface area (TPSA) is 55.8 Å². The molecule has 5 heteroatoms. The van der Waals surface area contributed by atoms with Crippen molar-refractivity contribution in [3.63, 3.8) is 0 Å². The van der Waals surface area contributed by atoms with E-state index in [1.54, 1.807) is 0 Å². The molecule has 2 fully saturated rings. The van der Waals surface area contributed by atoms with Crippen molar-refractivity contribution in [1.82, 2.24) is 0 Å². The third-order valence-electron chi connectivity index (χ3n) is 3.96. The molecule has 0 bridgehead atoms. The molecule has 108 valence electrons. The number of hydrogen-bond acceptors (Lipinski definition) is 3. The summed E-state index contributed by atoms with van der Waals surface area (Å²) in [7, 11) is 1.47. The number of carboxylic acid groups (broad SMARTS) is 1. The molecule has 2 saturated carbocycles. The Bertz CT molecular complexity index is 547. The zero-order valence-corrected chi connectivity index (χ0v) is 11.3. The van der Waals surface area contributed by atoms with Crippen LogP contribution in [0.15, 0.2) is 12.1 Å². The molecule has 1 N–H and O–H groups in total. The molecule has 1 aromatic rings. The predicted octanol–water partition coefficient (Wildman–Crippen LogP) is 2.88. The van der Waals surface area contributed by atoms with Crippen molar-refractivity contribution in [2.24, 2.45) is 0 Å². The van der Waals surface area contributed by atoms with Gasteiger partial charge in [0.15, 0.2) is 11.5 Å². The summed E-state index contributed by atoms with van der Waals surface area (Å²) in [5.41, 5.74) is 0.148. The van der Waals surface area contributed by atoms with Crippen LogP contribution in [0.5, 0.6) is 11.5 Å². The lowest BCUT2D eigenvalue weighted by Crippen LogP contribution is -2.16. The zero-order chi connectivity index (χ0) is 14.3. The molecule has 0 atom stereocenters. The zero-order valence-electron chi connectivity index (χ0n) is 11.3. The predicted molar refractivity (Wildman–Crippen MR) is 69.8 cm³/mol. The number of ether oxygens (including phenoxy) is 2. The Morgan fingerprint density at radius 3 is 2.65 bits per heavy atom. The minimum Gasteiger partial charge on any atom is -0.493 e. The molecule has 3 rings (SSSR count). The van der Waals surface area contributed by atoms with Crippen LogP contribution in [0.4, 0.5) is 4.39 Å². The van der Waals surface area contributed by atoms with Gasteiger partial charge in [-0.15, -0.1) is 0 Å². The second-order valence-electron chi connectivity index (χ2n) is 5.65. The minimum absolute atomic E-state index is 0.000629. The van der Waals surface area contributed by atoms with E-state index in [-0.39, 0.29) is 12.5 Å². The van der Waals surface area contributed by atoms with Gasteiger partial charge in [0, 0.05) is 17.0 Å². The fourth-order valence-electron chi connectivity index (χ4n) is 2.57. The van der Waals surface area contributed by atoms with Crippen LogP contribution in [-0.2, 0) is 10.2 Å². The van der Waals surface area contributed by atoms with Crippen molar-refractivity contribution >= 4 is 5.97 Å². The molecular weight excluding hydrogens is 263 g/mol. The average molecular weight is 280 g/mol. The largest absolute Gasteiger partial charge is 0.493 e. The first kappa shape index (κ1) is 13.2. The molecular formula is C15H17FO4. The fraction of sp³-hybridized carbons (Fsp3) is 0.533. The highest BCUT2D eigenvalue weighted by Gasteiger charge is 2.49. The molecule has 2 aliphatic carbocycles. The van der Waals surface area contributed by atoms with Gasteiger partial charge in [-0.05, 0) is 31.7 Å². The van der Waals surface area contributed by atoms with Gasteiger partial charge in [0.1, 0.15) is 5.82 Å². The maximum Gasteiger partial charge on any atom is 0.304 e. The molecule has 0 saturated heterocycles. The highest BCUT2D eigenvalue weighted by molar-refractivity contribution is 5.71. The highest BCUT2D eigenvalue weighted by atomic mass is 19.1. The highest BCUT2D eigenvalue weighted by Crippen LogP contribution is 2.56. The number of rotatable bonds is 6. The van der Waals surface area contributed by atoms with Crippen molar-refractivity contribution in [3.8, 4) is 11.5 Å². The summed E-state index contributed by atoms with van der Waals surface area (Å²) in [6, 6.07) is 2.69. The van der Waals surface area contributed by atoms with Gasteiger partial charge < -0.3 is 14.6 Å². The summed E-state index contributed by atoms with van der Waals surface area (Å²) < 4.78 is 24.8. The van der Waals surface area contributed by atoms with Crippen LogP contribution in [0.2, 0.25) is 0 Å². The Balaban J connectivity index is 2.03. The van der Waals surface area contributed by atoms with E-state index in [1.165, 1.54) is 19.2 Å². The van der Waals surface area contributed by atoms with Gasteiger partial charge in [-0.2, -0.15) is 0 Å². The lowest BCUT2D eigenvalue weighted by Gasteiger charge is -2.20. The van der Waals surface area contributed by atoms with Gasteiger partial charge in [-0.25, -0.2) is 4.39 Å². The first-order chi connectivity index (χ1) is 9.54. The molecule has 0 aromatic heterocycles. The standard InChI is InChI=1S/C15H17FO4/c1-19-12-7-9(16)6-11(14(12)20-10-2-3-10)15(4-5-15)8-13(17)18/h6-7,10H,2-5,8H2,1H3,(H,17,18). The van der Waals surface area contributed by atoms with E-state index in [0.717, 1.165) is 25.7 Å². The molecule has 0 aliphatic heterocycles. The van der Waals surface area contributed by atoms with Gasteiger partial charge in [-0.1, -0.05) is 0 Å². The number of methoxy groups -OCH3 is 1. The smallest absolute Gasteiger partial charge is 0.304 e. The molecule has 4 nitrogen and oxygen atoms in total. The van der Waals surface area contributed by atoms with E-state index in [9.17, 15) is 9.18 Å². The number of halogens is 1. The SMILES string of the molecule is COc1cc(F)cc(C2(CC(=O)O)CC2)c1OC1CC1. The molecule has 0 amide bonds. The van der Waals surface area contributed by atoms with Crippen LogP contribution in [0, 0.1) is 5.82 Å². The molecule has 1 aromatic carbocycles. The van der Waals surface area contributed by atoms with E-state index < -0.39 is 17.2 Å². The van der Waals surface area contributed by atoms with E-state index in [4.69, 9.17) is 14.6 Å². The Hall–Kier alpha value is -1.78. The Kier molecular flexibility index (Phi) is 3.07. The molecule has 2 aliphatic rings. The van der Waals surface area contributed by atoms with Crippen molar-refractivity contribution in [2.75, 3.05) is 7.11 Å². The lowest BCUT2D eigenvalue weighted by molar-refractivity contribution is -0.137. The van der Waals surface area contributed by atoms with E-state index >= 15 is 0 Å². The quantitative estimate of drug-likeness (QED) is 0.870. The monoisotopic (exact) mass is 280 g/mol. The van der Waals surface area contributed by atoms with E-state index in [0.29, 0.717) is 17.1 Å². The summed E-state index contributed by atoms with van der Waals surface area (Å²) in [6.45, 7) is 0. The first-order valence-corrected chi connectivity index (χ1v) is 6.80. The molecule has 0 radical (unpaired) electrons. The summed E-state index contributed by atoms with van der Waals surface area (Å²) >= 11 is 0. The van der Waals surface area contributed by atoms with Crippen LogP contribution in [0.3, 0.4) is 0 Å². The summed E-state index contributed by atoms with van der Waals surface area (Å²) in [6.07, 6.45) is 3.59. The van der Waals surface area contributed by atoms with Crippen molar-refractivity contribution in [3.05, 3.63) is 23.5 Å². The van der Waals surface area contributed by atoms with Crippen LogP contribution in [0.1, 0.15) is 37.7 Å². The van der Waals surface area contributed by atoms with E-state index in [2.05, 4.69) is 0 Å². The fourth-order valence-corrected chi connectivity index (χ4v) is 2.57. The first-order valence-electron chi connectivity index (χ1n) is 6.80. The van der Waals surface area contributed by atoms with Gasteiger partial charge in [0.2, 0.25) is 0 Å². The summed E-state index contributed by atoms with van der Waals surface area (Å²) in [4.78, 5) is 11.0. The third kappa shape index (κ3) is 2.44. The van der Waals surface area contributed by atoms with Gasteiger partial charge in [-0.3, -0.25) is 4.79 Å². The number of carbonyl (C=O) groups is 1. The van der Waals surface area contributed by atoms with Gasteiger partial charge >= 0.3 is 5.97 Å². The Labute approximate surface area is 116 Å². The number of aliphatic carboxylic acids is 1. The molecule has 0 heterocycles. The van der Waals surface area contributed by atoms with Crippen LogP contribution >= 0.6 is 0 Å². The molecule has 0 unspecified atom stereocenters. The van der Waals surface area contributed by atoms with Crippen molar-refractivity contribution < 1.29 is 23.8 Å². The normalized spacial score (nSPS) is 19.5. The lowest BCUT2D eigenvalue weighted by atomic mass is 9.91. The Morgan fingerprint density at radius 2 is 2.15 bits per heavy atom. The average Bonchev–Trinajstić information content (AvgIpc) is 3.27. The maximum absolute atomic E-state index is 13.8. The Morgan fingerprint density at radius 1 is 1.45 bits per heavy atom.